The maximum atomic E-state index is 11.8. The zero-order chi connectivity index (χ0) is 13.7. The molecular weight excluding hydrogens is 246 g/mol. The fraction of sp³-hybridized carbons (Fsp3) is 0.250. The Labute approximate surface area is 110 Å². The molecule has 2 rings (SSSR count). The van der Waals surface area contributed by atoms with E-state index in [0.717, 1.165) is 11.3 Å². The first-order chi connectivity index (χ1) is 9.24. The lowest BCUT2D eigenvalue weighted by Crippen LogP contribution is -2.13. The minimum absolute atomic E-state index is 0.225. The summed E-state index contributed by atoms with van der Waals surface area (Å²) in [5.74, 6) is 0.394. The Bertz CT molecular complexity index is 553. The van der Waals surface area contributed by atoms with Gasteiger partial charge in [-0.2, -0.15) is 15.4 Å². The minimum atomic E-state index is -0.333. The molecule has 1 heterocycles. The van der Waals surface area contributed by atoms with Crippen molar-refractivity contribution in [1.82, 2.24) is 15.4 Å². The number of hydrogen-bond donors (Lipinski definition) is 3. The Kier molecular flexibility index (Phi) is 4.09. The van der Waals surface area contributed by atoms with E-state index in [1.165, 1.54) is 6.20 Å². The number of nitrogens with zero attached hydrogens (tertiary/aromatic N) is 2. The van der Waals surface area contributed by atoms with Crippen LogP contribution < -0.4 is 15.8 Å². The molecule has 0 aliphatic heterocycles. The molecule has 1 amide bonds. The van der Waals surface area contributed by atoms with Crippen LogP contribution in [0.1, 0.15) is 23.0 Å². The number of carbonyl (C=O) groups excluding carboxylic acids is 1. The van der Waals surface area contributed by atoms with Crippen molar-refractivity contribution in [3.05, 3.63) is 35.7 Å². The molecule has 7 nitrogen and oxygen atoms in total. The van der Waals surface area contributed by atoms with Crippen molar-refractivity contribution in [3.63, 3.8) is 0 Å². The van der Waals surface area contributed by atoms with Crippen molar-refractivity contribution in [2.45, 2.75) is 13.5 Å². The molecular formula is C12H15N5O2. The molecule has 0 fully saturated rings. The van der Waals surface area contributed by atoms with Crippen LogP contribution in [0.2, 0.25) is 0 Å². The van der Waals surface area contributed by atoms with E-state index in [9.17, 15) is 4.79 Å². The van der Waals surface area contributed by atoms with E-state index in [1.807, 2.05) is 6.92 Å². The second-order valence-electron chi connectivity index (χ2n) is 3.77. The van der Waals surface area contributed by atoms with Crippen LogP contribution >= 0.6 is 0 Å². The highest BCUT2D eigenvalue weighted by Gasteiger charge is 2.10. The van der Waals surface area contributed by atoms with Gasteiger partial charge in [0.15, 0.2) is 5.69 Å². The number of H-pyrrole nitrogens is 1. The van der Waals surface area contributed by atoms with Crippen LogP contribution in [0.15, 0.2) is 24.4 Å². The molecule has 1 aromatic carbocycles. The van der Waals surface area contributed by atoms with Gasteiger partial charge in [-0.05, 0) is 25.1 Å². The summed E-state index contributed by atoms with van der Waals surface area (Å²) >= 11 is 0. The molecule has 2 aromatic rings. The molecule has 7 heteroatoms. The number of anilines is 1. The van der Waals surface area contributed by atoms with Crippen LogP contribution in [0.3, 0.4) is 0 Å². The summed E-state index contributed by atoms with van der Waals surface area (Å²) in [5, 5.41) is 12.4. The monoisotopic (exact) mass is 261 g/mol. The van der Waals surface area contributed by atoms with Crippen LogP contribution in [0.4, 0.5) is 5.69 Å². The fourth-order valence-corrected chi connectivity index (χ4v) is 1.62. The summed E-state index contributed by atoms with van der Waals surface area (Å²) in [7, 11) is 0. The van der Waals surface area contributed by atoms with Gasteiger partial charge in [0.2, 0.25) is 0 Å². The van der Waals surface area contributed by atoms with E-state index in [-0.39, 0.29) is 11.6 Å². The lowest BCUT2D eigenvalue weighted by Gasteiger charge is -2.11. The highest BCUT2D eigenvalue weighted by Crippen LogP contribution is 2.22. The van der Waals surface area contributed by atoms with E-state index in [4.69, 9.17) is 10.5 Å². The lowest BCUT2D eigenvalue weighted by molar-refractivity contribution is 0.102. The van der Waals surface area contributed by atoms with Crippen molar-refractivity contribution in [2.75, 3.05) is 11.9 Å². The number of carbonyl (C=O) groups is 1. The van der Waals surface area contributed by atoms with Crippen LogP contribution in [-0.2, 0) is 6.54 Å². The Morgan fingerprint density at radius 1 is 1.53 bits per heavy atom. The summed E-state index contributed by atoms with van der Waals surface area (Å²) < 4.78 is 5.44. The number of ether oxygens (including phenoxy) is 1. The second kappa shape index (κ2) is 5.96. The lowest BCUT2D eigenvalue weighted by atomic mass is 10.1. The molecule has 1 aromatic heterocycles. The predicted molar refractivity (Wildman–Crippen MR) is 69.8 cm³/mol. The van der Waals surface area contributed by atoms with Gasteiger partial charge in [0, 0.05) is 17.8 Å². The standard InChI is InChI=1S/C12H15N5O2/c1-2-19-11-4-3-9(5-8(11)6-13)15-12(18)10-7-14-17-16-10/h3-5,7H,2,6,13H2,1H3,(H,15,18)(H,14,16,17). The first-order valence-corrected chi connectivity index (χ1v) is 5.87. The number of amides is 1. The molecule has 19 heavy (non-hydrogen) atoms. The minimum Gasteiger partial charge on any atom is -0.494 e. The van der Waals surface area contributed by atoms with Gasteiger partial charge >= 0.3 is 0 Å². The predicted octanol–water partition coefficient (Wildman–Crippen LogP) is 0.914. The number of aromatic nitrogens is 3. The smallest absolute Gasteiger partial charge is 0.277 e. The number of hydrogen-bond acceptors (Lipinski definition) is 5. The van der Waals surface area contributed by atoms with Gasteiger partial charge < -0.3 is 15.8 Å². The van der Waals surface area contributed by atoms with Crippen LogP contribution in [0, 0.1) is 0 Å². The van der Waals surface area contributed by atoms with Crippen molar-refractivity contribution in [3.8, 4) is 5.75 Å². The normalized spacial score (nSPS) is 10.2. The molecule has 0 aliphatic rings. The second-order valence-corrected chi connectivity index (χ2v) is 3.77. The largest absolute Gasteiger partial charge is 0.494 e. The number of aromatic amines is 1. The zero-order valence-corrected chi connectivity index (χ0v) is 10.5. The van der Waals surface area contributed by atoms with Crippen LogP contribution in [0.25, 0.3) is 0 Å². The molecule has 0 radical (unpaired) electrons. The van der Waals surface area contributed by atoms with E-state index < -0.39 is 0 Å². The Hall–Kier alpha value is -2.41. The summed E-state index contributed by atoms with van der Waals surface area (Å²) in [6, 6.07) is 5.31. The average Bonchev–Trinajstić information content (AvgIpc) is 2.94. The first-order valence-electron chi connectivity index (χ1n) is 5.87. The molecule has 0 aliphatic carbocycles. The summed E-state index contributed by atoms with van der Waals surface area (Å²) in [6.07, 6.45) is 1.35. The Morgan fingerprint density at radius 3 is 3.00 bits per heavy atom. The van der Waals surface area contributed by atoms with Gasteiger partial charge in [0.25, 0.3) is 5.91 Å². The number of nitrogens with one attached hydrogen (secondary N) is 2. The third-order valence-electron chi connectivity index (χ3n) is 2.49. The van der Waals surface area contributed by atoms with Crippen LogP contribution in [0.5, 0.6) is 5.75 Å². The molecule has 4 N–H and O–H groups in total. The number of rotatable bonds is 5. The molecule has 0 unspecified atom stereocenters. The van der Waals surface area contributed by atoms with Gasteiger partial charge in [0.05, 0.1) is 12.8 Å². The van der Waals surface area contributed by atoms with Crippen molar-refractivity contribution in [1.29, 1.82) is 0 Å². The van der Waals surface area contributed by atoms with Gasteiger partial charge in [-0.1, -0.05) is 0 Å². The maximum Gasteiger partial charge on any atom is 0.277 e. The first kappa shape index (κ1) is 13.0. The van der Waals surface area contributed by atoms with Crippen molar-refractivity contribution < 1.29 is 9.53 Å². The molecule has 0 spiro atoms. The SMILES string of the molecule is CCOc1ccc(NC(=O)c2cn[nH]n2)cc1CN. The Balaban J connectivity index is 2.15. The van der Waals surface area contributed by atoms with E-state index >= 15 is 0 Å². The molecule has 0 saturated heterocycles. The van der Waals surface area contributed by atoms with Gasteiger partial charge in [-0.25, -0.2) is 0 Å². The summed E-state index contributed by atoms with van der Waals surface area (Å²) in [6.45, 7) is 2.81. The average molecular weight is 261 g/mol. The highest BCUT2D eigenvalue weighted by molar-refractivity contribution is 6.02. The zero-order valence-electron chi connectivity index (χ0n) is 10.5. The fourth-order valence-electron chi connectivity index (χ4n) is 1.62. The van der Waals surface area contributed by atoms with E-state index in [1.54, 1.807) is 18.2 Å². The number of nitrogens with two attached hydrogens (primary N) is 1. The quantitative estimate of drug-likeness (QED) is 0.742. The molecule has 0 atom stereocenters. The van der Waals surface area contributed by atoms with E-state index in [2.05, 4.69) is 20.7 Å². The van der Waals surface area contributed by atoms with Crippen LogP contribution in [-0.4, -0.2) is 27.9 Å². The van der Waals surface area contributed by atoms with Crippen molar-refractivity contribution in [2.24, 2.45) is 5.73 Å². The molecule has 100 valence electrons. The topological polar surface area (TPSA) is 106 Å². The van der Waals surface area contributed by atoms with E-state index in [0.29, 0.717) is 18.8 Å². The summed E-state index contributed by atoms with van der Waals surface area (Å²) in [4.78, 5) is 11.8. The maximum absolute atomic E-state index is 11.8. The van der Waals surface area contributed by atoms with Gasteiger partial charge in [0.1, 0.15) is 5.75 Å². The highest BCUT2D eigenvalue weighted by atomic mass is 16.5. The molecule has 0 bridgehead atoms. The van der Waals surface area contributed by atoms with Crippen molar-refractivity contribution >= 4 is 11.6 Å². The van der Waals surface area contributed by atoms with Gasteiger partial charge in [-0.15, -0.1) is 0 Å². The molecule has 0 saturated carbocycles. The third-order valence-corrected chi connectivity index (χ3v) is 2.49. The van der Waals surface area contributed by atoms with Gasteiger partial charge in [-0.3, -0.25) is 4.79 Å². The third kappa shape index (κ3) is 3.08. The Morgan fingerprint density at radius 2 is 2.37 bits per heavy atom. The number of benzene rings is 1. The summed E-state index contributed by atoms with van der Waals surface area (Å²) in [5.41, 5.74) is 7.35.